The van der Waals surface area contributed by atoms with E-state index in [1.807, 2.05) is 0 Å². The smallest absolute Gasteiger partial charge is 0.335 e. The summed E-state index contributed by atoms with van der Waals surface area (Å²) in [6.07, 6.45) is 2.95. The average molecular weight is 509 g/mol. The molecule has 2 heterocycles. The first-order chi connectivity index (χ1) is 16.4. The number of carbonyl (C=O) groups excluding carboxylic acids is 3. The molecule has 2 aromatic rings. The SMILES string of the molecule is O=C(CCNC(=O)c1cccc(C(=O)NCCC2CCNCC2)c1)ON(c1cccs1)S(=O)O. The predicted octanol–water partition coefficient (Wildman–Crippen LogP) is 2.09. The molecule has 1 aromatic heterocycles. The maximum Gasteiger partial charge on any atom is 0.335 e. The number of hydrogen-bond donors (Lipinski definition) is 4. The second-order valence-electron chi connectivity index (χ2n) is 7.73. The van der Waals surface area contributed by atoms with Crippen molar-refractivity contribution < 1.29 is 28.0 Å². The quantitative estimate of drug-likeness (QED) is 0.269. The number of thiophene rings is 1. The standard InChI is InChI=1S/C22H28N4O6S2/c27-20(32-26(34(30)31)19-5-2-14-33-19)9-13-25-22(29)18-4-1-3-17(15-18)21(28)24-12-8-16-6-10-23-11-7-16/h1-5,14-16,23H,6-13H2,(H,24,28)(H,25,29)(H,30,31). The van der Waals surface area contributed by atoms with Crippen molar-refractivity contribution in [2.75, 3.05) is 30.6 Å². The Hall–Kier alpha value is -2.80. The van der Waals surface area contributed by atoms with Crippen LogP contribution in [0.25, 0.3) is 0 Å². The van der Waals surface area contributed by atoms with Crippen LogP contribution in [-0.4, -0.2) is 52.7 Å². The highest BCUT2D eigenvalue weighted by atomic mass is 32.2. The van der Waals surface area contributed by atoms with Crippen LogP contribution >= 0.6 is 11.3 Å². The van der Waals surface area contributed by atoms with Crippen molar-refractivity contribution in [3.05, 3.63) is 52.9 Å². The number of nitrogens with zero attached hydrogens (tertiary/aromatic N) is 1. The van der Waals surface area contributed by atoms with Crippen LogP contribution in [0.15, 0.2) is 41.8 Å². The lowest BCUT2D eigenvalue weighted by Crippen LogP contribution is -2.32. The lowest BCUT2D eigenvalue weighted by atomic mass is 9.95. The van der Waals surface area contributed by atoms with Gasteiger partial charge in [0.1, 0.15) is 5.00 Å². The number of nitrogens with one attached hydrogen (secondary N) is 3. The van der Waals surface area contributed by atoms with Crippen LogP contribution in [0.1, 0.15) is 46.4 Å². The third-order valence-corrected chi connectivity index (χ3v) is 6.82. The minimum atomic E-state index is -2.54. The van der Waals surface area contributed by atoms with Gasteiger partial charge in [-0.1, -0.05) is 10.5 Å². The van der Waals surface area contributed by atoms with Crippen LogP contribution in [0.3, 0.4) is 0 Å². The van der Waals surface area contributed by atoms with Crippen molar-refractivity contribution in [1.82, 2.24) is 16.0 Å². The molecule has 3 rings (SSSR count). The van der Waals surface area contributed by atoms with E-state index in [0.717, 1.165) is 43.7 Å². The lowest BCUT2D eigenvalue weighted by molar-refractivity contribution is -0.142. The molecule has 184 valence electrons. The molecule has 1 saturated heterocycles. The summed E-state index contributed by atoms with van der Waals surface area (Å²) in [6, 6.07) is 9.53. The van der Waals surface area contributed by atoms with Crippen LogP contribution in [0.5, 0.6) is 0 Å². The molecule has 0 spiro atoms. The van der Waals surface area contributed by atoms with Crippen molar-refractivity contribution in [2.45, 2.75) is 25.7 Å². The normalized spacial score (nSPS) is 14.7. The van der Waals surface area contributed by atoms with Gasteiger partial charge in [-0.3, -0.25) is 14.1 Å². The van der Waals surface area contributed by atoms with Crippen molar-refractivity contribution >= 4 is 45.4 Å². The molecule has 0 saturated carbocycles. The zero-order chi connectivity index (χ0) is 24.3. The Bertz CT molecular complexity index is 995. The summed E-state index contributed by atoms with van der Waals surface area (Å²) in [5.41, 5.74) is 0.672. The maximum absolute atomic E-state index is 12.5. The number of anilines is 1. The summed E-state index contributed by atoms with van der Waals surface area (Å²) in [6.45, 7) is 2.58. The van der Waals surface area contributed by atoms with Gasteiger partial charge in [-0.2, -0.15) is 0 Å². The molecule has 0 radical (unpaired) electrons. The van der Waals surface area contributed by atoms with Crippen LogP contribution in [-0.2, 0) is 20.9 Å². The van der Waals surface area contributed by atoms with Gasteiger partial charge in [0, 0.05) is 24.2 Å². The molecule has 1 aliphatic rings. The van der Waals surface area contributed by atoms with Crippen LogP contribution in [0.4, 0.5) is 5.00 Å². The highest BCUT2D eigenvalue weighted by molar-refractivity contribution is 7.80. The van der Waals surface area contributed by atoms with Gasteiger partial charge in [-0.25, -0.2) is 9.00 Å². The number of piperidine rings is 1. The first-order valence-electron chi connectivity index (χ1n) is 11.0. The highest BCUT2D eigenvalue weighted by Gasteiger charge is 2.20. The van der Waals surface area contributed by atoms with Crippen molar-refractivity contribution in [3.63, 3.8) is 0 Å². The molecule has 10 nitrogen and oxygen atoms in total. The van der Waals surface area contributed by atoms with E-state index in [-0.39, 0.29) is 24.4 Å². The Kier molecular flexibility index (Phi) is 10.0. The zero-order valence-electron chi connectivity index (χ0n) is 18.5. The molecule has 1 aromatic carbocycles. The number of hydrogen-bond acceptors (Lipinski definition) is 7. The predicted molar refractivity (Wildman–Crippen MR) is 130 cm³/mol. The molecule has 4 N–H and O–H groups in total. The molecule has 2 amide bonds. The van der Waals surface area contributed by atoms with E-state index in [1.165, 1.54) is 12.1 Å². The molecule has 34 heavy (non-hydrogen) atoms. The monoisotopic (exact) mass is 508 g/mol. The van der Waals surface area contributed by atoms with Gasteiger partial charge in [-0.05, 0) is 74.0 Å². The van der Waals surface area contributed by atoms with Crippen LogP contribution < -0.4 is 20.4 Å². The first-order valence-corrected chi connectivity index (χ1v) is 12.9. The largest absolute Gasteiger partial charge is 0.352 e. The summed E-state index contributed by atoms with van der Waals surface area (Å²) in [5.74, 6) is -0.853. The molecule has 12 heteroatoms. The fourth-order valence-electron chi connectivity index (χ4n) is 3.51. The zero-order valence-corrected chi connectivity index (χ0v) is 20.2. The number of benzene rings is 1. The molecule has 0 aliphatic carbocycles. The van der Waals surface area contributed by atoms with Gasteiger partial charge in [-0.15, -0.1) is 11.3 Å². The fraction of sp³-hybridized carbons (Fsp3) is 0.409. The lowest BCUT2D eigenvalue weighted by Gasteiger charge is -2.22. The third-order valence-electron chi connectivity index (χ3n) is 5.31. The van der Waals surface area contributed by atoms with Gasteiger partial charge in [0.2, 0.25) is 0 Å². The summed E-state index contributed by atoms with van der Waals surface area (Å²) in [7, 11) is 0. The summed E-state index contributed by atoms with van der Waals surface area (Å²) in [5, 5.41) is 10.8. The Morgan fingerprint density at radius 1 is 1.09 bits per heavy atom. The molecular formula is C22H28N4O6S2. The van der Waals surface area contributed by atoms with E-state index in [4.69, 9.17) is 4.84 Å². The molecule has 0 bridgehead atoms. The highest BCUT2D eigenvalue weighted by Crippen LogP contribution is 2.22. The molecule has 1 atom stereocenters. The summed E-state index contributed by atoms with van der Waals surface area (Å²) < 4.78 is 21.3. The number of rotatable bonds is 11. The topological polar surface area (TPSA) is 137 Å². The van der Waals surface area contributed by atoms with E-state index in [1.54, 1.807) is 29.6 Å². The summed E-state index contributed by atoms with van der Waals surface area (Å²) in [4.78, 5) is 41.8. The minimum absolute atomic E-state index is 0.0410. The minimum Gasteiger partial charge on any atom is -0.352 e. The maximum atomic E-state index is 12.5. The third kappa shape index (κ3) is 7.90. The van der Waals surface area contributed by atoms with E-state index in [9.17, 15) is 23.1 Å². The van der Waals surface area contributed by atoms with Gasteiger partial charge in [0.25, 0.3) is 23.1 Å². The van der Waals surface area contributed by atoms with E-state index >= 15 is 0 Å². The Morgan fingerprint density at radius 2 is 1.76 bits per heavy atom. The second-order valence-corrected chi connectivity index (χ2v) is 9.45. The van der Waals surface area contributed by atoms with E-state index < -0.39 is 23.1 Å². The number of carbonyl (C=O) groups is 3. The van der Waals surface area contributed by atoms with Crippen molar-refractivity contribution in [1.29, 1.82) is 0 Å². The van der Waals surface area contributed by atoms with Crippen LogP contribution in [0.2, 0.25) is 0 Å². The fourth-order valence-corrected chi connectivity index (χ4v) is 4.77. The molecule has 1 unspecified atom stereocenters. The molecule has 1 aliphatic heterocycles. The van der Waals surface area contributed by atoms with Crippen molar-refractivity contribution in [2.24, 2.45) is 5.92 Å². The van der Waals surface area contributed by atoms with Gasteiger partial charge >= 0.3 is 5.97 Å². The Balaban J connectivity index is 1.43. The average Bonchev–Trinajstić information content (AvgIpc) is 3.37. The van der Waals surface area contributed by atoms with Gasteiger partial charge < -0.3 is 20.8 Å². The summed E-state index contributed by atoms with van der Waals surface area (Å²) >= 11 is -1.40. The number of amides is 2. The molecular weight excluding hydrogens is 480 g/mol. The van der Waals surface area contributed by atoms with E-state index in [2.05, 4.69) is 16.0 Å². The van der Waals surface area contributed by atoms with E-state index in [0.29, 0.717) is 27.5 Å². The van der Waals surface area contributed by atoms with Crippen molar-refractivity contribution in [3.8, 4) is 0 Å². The Morgan fingerprint density at radius 3 is 2.38 bits per heavy atom. The van der Waals surface area contributed by atoms with Gasteiger partial charge in [0.15, 0.2) is 0 Å². The van der Waals surface area contributed by atoms with Gasteiger partial charge in [0.05, 0.1) is 6.42 Å². The Labute approximate surface area is 204 Å². The molecule has 1 fully saturated rings. The first kappa shape index (κ1) is 25.8. The second kappa shape index (κ2) is 13.2. The van der Waals surface area contributed by atoms with Crippen LogP contribution in [0, 0.1) is 5.92 Å².